The molecule has 0 bridgehead atoms. The van der Waals surface area contributed by atoms with Crippen molar-refractivity contribution in [3.05, 3.63) is 96.3 Å². The van der Waals surface area contributed by atoms with Gasteiger partial charge in [0.25, 0.3) is 5.91 Å². The highest BCUT2D eigenvalue weighted by atomic mass is 16.3. The third-order valence-corrected chi connectivity index (χ3v) is 5.00. The molecule has 0 aliphatic carbocycles. The Balaban J connectivity index is 1.20. The summed E-state index contributed by atoms with van der Waals surface area (Å²) in [6.45, 7) is 1.41. The number of furan rings is 1. The second kappa shape index (κ2) is 10.3. The zero-order chi connectivity index (χ0) is 22.2. The van der Waals surface area contributed by atoms with Crippen LogP contribution in [0.3, 0.4) is 0 Å². The van der Waals surface area contributed by atoms with Crippen molar-refractivity contribution >= 4 is 34.2 Å². The van der Waals surface area contributed by atoms with Gasteiger partial charge in [-0.15, -0.1) is 0 Å². The van der Waals surface area contributed by atoms with E-state index in [0.29, 0.717) is 24.2 Å². The fraction of sp³-hybridized carbons (Fsp3) is 0.154. The van der Waals surface area contributed by atoms with E-state index in [1.54, 1.807) is 18.2 Å². The normalized spacial score (nSPS) is 10.6. The van der Waals surface area contributed by atoms with Crippen LogP contribution in [0.4, 0.5) is 11.4 Å². The topological polar surface area (TPSA) is 83.4 Å². The minimum absolute atomic E-state index is 0.0243. The highest BCUT2D eigenvalue weighted by Crippen LogP contribution is 2.20. The molecule has 0 atom stereocenters. The van der Waals surface area contributed by atoms with Gasteiger partial charge in [-0.25, -0.2) is 0 Å². The van der Waals surface area contributed by atoms with Crippen LogP contribution in [0.15, 0.2) is 89.3 Å². The maximum atomic E-state index is 12.4. The molecule has 0 aliphatic rings. The van der Waals surface area contributed by atoms with Gasteiger partial charge in [0.1, 0.15) is 5.58 Å². The molecular formula is C26H25N3O3. The van der Waals surface area contributed by atoms with E-state index < -0.39 is 0 Å². The van der Waals surface area contributed by atoms with E-state index in [-0.39, 0.29) is 17.6 Å². The molecule has 1 heterocycles. The molecule has 2 amide bonds. The molecule has 0 saturated heterocycles. The summed E-state index contributed by atoms with van der Waals surface area (Å²) in [6, 6.07) is 26.4. The molecule has 4 rings (SSSR count). The van der Waals surface area contributed by atoms with Crippen LogP contribution in [0, 0.1) is 0 Å². The van der Waals surface area contributed by atoms with Crippen molar-refractivity contribution in [1.82, 2.24) is 5.32 Å². The molecular weight excluding hydrogens is 402 g/mol. The molecule has 0 spiro atoms. The number of carbonyl (C=O) groups is 2. The summed E-state index contributed by atoms with van der Waals surface area (Å²) in [4.78, 5) is 24.6. The zero-order valence-corrected chi connectivity index (χ0v) is 17.6. The number of nitrogens with one attached hydrogen (secondary N) is 3. The summed E-state index contributed by atoms with van der Waals surface area (Å²) < 4.78 is 5.59. The molecule has 4 aromatic rings. The van der Waals surface area contributed by atoms with Crippen LogP contribution in [-0.2, 0) is 11.2 Å². The Morgan fingerprint density at radius 1 is 0.781 bits per heavy atom. The van der Waals surface area contributed by atoms with Gasteiger partial charge in [-0.3, -0.25) is 9.59 Å². The fourth-order valence-electron chi connectivity index (χ4n) is 3.35. The van der Waals surface area contributed by atoms with E-state index in [4.69, 9.17) is 4.42 Å². The van der Waals surface area contributed by atoms with Gasteiger partial charge in [-0.05, 0) is 48.4 Å². The molecule has 0 unspecified atom stereocenters. The number of hydrogen-bond acceptors (Lipinski definition) is 4. The SMILES string of the molecule is O=C(Cc1ccc(NC(=O)c2cc3ccccc3o2)cc1)NCCCNc1ccccc1. The second-order valence-electron chi connectivity index (χ2n) is 7.47. The number of fused-ring (bicyclic) bond motifs is 1. The average Bonchev–Trinajstić information content (AvgIpc) is 3.25. The average molecular weight is 428 g/mol. The number of carbonyl (C=O) groups excluding carboxylic acids is 2. The van der Waals surface area contributed by atoms with Crippen molar-refractivity contribution in [1.29, 1.82) is 0 Å². The lowest BCUT2D eigenvalue weighted by atomic mass is 10.1. The van der Waals surface area contributed by atoms with E-state index in [1.165, 1.54) is 0 Å². The summed E-state index contributed by atoms with van der Waals surface area (Å²) >= 11 is 0. The first kappa shape index (κ1) is 21.2. The summed E-state index contributed by atoms with van der Waals surface area (Å²) in [5, 5.41) is 9.96. The van der Waals surface area contributed by atoms with Gasteiger partial charge in [-0.2, -0.15) is 0 Å². The predicted molar refractivity (Wildman–Crippen MR) is 127 cm³/mol. The van der Waals surface area contributed by atoms with Crippen LogP contribution < -0.4 is 16.0 Å². The van der Waals surface area contributed by atoms with Crippen molar-refractivity contribution < 1.29 is 14.0 Å². The molecule has 6 nitrogen and oxygen atoms in total. The molecule has 0 saturated carbocycles. The second-order valence-corrected chi connectivity index (χ2v) is 7.47. The van der Waals surface area contributed by atoms with Gasteiger partial charge in [-0.1, -0.05) is 48.5 Å². The van der Waals surface area contributed by atoms with E-state index in [0.717, 1.165) is 29.6 Å². The maximum absolute atomic E-state index is 12.4. The van der Waals surface area contributed by atoms with Gasteiger partial charge in [0.05, 0.1) is 6.42 Å². The number of amides is 2. The number of para-hydroxylation sites is 2. The lowest BCUT2D eigenvalue weighted by molar-refractivity contribution is -0.120. The molecule has 0 radical (unpaired) electrons. The highest BCUT2D eigenvalue weighted by Gasteiger charge is 2.12. The molecule has 0 fully saturated rings. The van der Waals surface area contributed by atoms with Crippen molar-refractivity contribution in [2.75, 3.05) is 23.7 Å². The van der Waals surface area contributed by atoms with Gasteiger partial charge >= 0.3 is 0 Å². The molecule has 3 aromatic carbocycles. The first-order valence-electron chi connectivity index (χ1n) is 10.6. The van der Waals surface area contributed by atoms with Crippen LogP contribution in [0.2, 0.25) is 0 Å². The zero-order valence-electron chi connectivity index (χ0n) is 17.6. The van der Waals surface area contributed by atoms with E-state index in [9.17, 15) is 9.59 Å². The lowest BCUT2D eigenvalue weighted by Crippen LogP contribution is -2.27. The quantitative estimate of drug-likeness (QED) is 0.334. The Morgan fingerprint density at radius 3 is 2.31 bits per heavy atom. The van der Waals surface area contributed by atoms with Gasteiger partial charge in [0.2, 0.25) is 5.91 Å². The van der Waals surface area contributed by atoms with Crippen molar-refractivity contribution in [2.24, 2.45) is 0 Å². The molecule has 162 valence electrons. The number of hydrogen-bond donors (Lipinski definition) is 3. The van der Waals surface area contributed by atoms with Crippen LogP contribution in [0.25, 0.3) is 11.0 Å². The summed E-state index contributed by atoms with van der Waals surface area (Å²) in [5.41, 5.74) is 3.28. The Labute approximate surface area is 186 Å². The van der Waals surface area contributed by atoms with Crippen LogP contribution >= 0.6 is 0 Å². The minimum atomic E-state index is -0.309. The third kappa shape index (κ3) is 5.76. The van der Waals surface area contributed by atoms with E-state index >= 15 is 0 Å². The van der Waals surface area contributed by atoms with E-state index in [1.807, 2.05) is 66.7 Å². The molecule has 32 heavy (non-hydrogen) atoms. The van der Waals surface area contributed by atoms with Crippen molar-refractivity contribution in [2.45, 2.75) is 12.8 Å². The first-order chi connectivity index (χ1) is 15.7. The van der Waals surface area contributed by atoms with Crippen LogP contribution in [-0.4, -0.2) is 24.9 Å². The van der Waals surface area contributed by atoms with Crippen molar-refractivity contribution in [3.8, 4) is 0 Å². The molecule has 3 N–H and O–H groups in total. The first-order valence-corrected chi connectivity index (χ1v) is 10.6. The van der Waals surface area contributed by atoms with Gasteiger partial charge in [0, 0.05) is 29.9 Å². The maximum Gasteiger partial charge on any atom is 0.291 e. The Bertz CT molecular complexity index is 1150. The largest absolute Gasteiger partial charge is 0.451 e. The smallest absolute Gasteiger partial charge is 0.291 e. The van der Waals surface area contributed by atoms with Gasteiger partial charge in [0.15, 0.2) is 5.76 Å². The van der Waals surface area contributed by atoms with Crippen LogP contribution in [0.1, 0.15) is 22.5 Å². The van der Waals surface area contributed by atoms with E-state index in [2.05, 4.69) is 16.0 Å². The number of benzene rings is 3. The standard InChI is InChI=1S/C26H25N3O3/c30-25(28-16-6-15-27-21-8-2-1-3-9-21)17-19-11-13-22(14-12-19)29-26(31)24-18-20-7-4-5-10-23(20)32-24/h1-5,7-14,18,27H,6,15-17H2,(H,28,30)(H,29,31). The highest BCUT2D eigenvalue weighted by molar-refractivity contribution is 6.04. The summed E-state index contributed by atoms with van der Waals surface area (Å²) in [6.07, 6.45) is 1.14. The van der Waals surface area contributed by atoms with Crippen molar-refractivity contribution in [3.63, 3.8) is 0 Å². The number of rotatable bonds is 9. The van der Waals surface area contributed by atoms with Crippen LogP contribution in [0.5, 0.6) is 0 Å². The lowest BCUT2D eigenvalue weighted by Gasteiger charge is -2.08. The molecule has 6 heteroatoms. The molecule has 0 aliphatic heterocycles. The minimum Gasteiger partial charge on any atom is -0.451 e. The Morgan fingerprint density at radius 2 is 1.53 bits per heavy atom. The Hall–Kier alpha value is -4.06. The fourth-order valence-corrected chi connectivity index (χ4v) is 3.35. The van der Waals surface area contributed by atoms with Gasteiger partial charge < -0.3 is 20.4 Å². The summed E-state index contributed by atoms with van der Waals surface area (Å²) in [7, 11) is 0. The monoisotopic (exact) mass is 427 g/mol. The number of anilines is 2. The third-order valence-electron chi connectivity index (χ3n) is 5.00. The summed E-state index contributed by atoms with van der Waals surface area (Å²) in [5.74, 6) is -0.0732. The molecule has 1 aromatic heterocycles. The Kier molecular flexibility index (Phi) is 6.82. The predicted octanol–water partition coefficient (Wildman–Crippen LogP) is 4.85.